The molecule has 2 aromatic carbocycles. The minimum Gasteiger partial charge on any atom is -0.381 e. The molecule has 4 heteroatoms. The lowest BCUT2D eigenvalue weighted by atomic mass is 10.0. The molecule has 0 N–H and O–H groups in total. The van der Waals surface area contributed by atoms with Gasteiger partial charge >= 0.3 is 0 Å². The van der Waals surface area contributed by atoms with Crippen LogP contribution in [-0.2, 0) is 17.6 Å². The normalized spacial score (nSPS) is 15.1. The van der Waals surface area contributed by atoms with Gasteiger partial charge in [0.1, 0.15) is 0 Å². The largest absolute Gasteiger partial charge is 0.381 e. The van der Waals surface area contributed by atoms with Crippen LogP contribution < -0.4 is 0 Å². The quantitative estimate of drug-likeness (QED) is 0.420. The lowest BCUT2D eigenvalue weighted by Crippen LogP contribution is -2.04. The van der Waals surface area contributed by atoms with Crippen molar-refractivity contribution in [3.63, 3.8) is 0 Å². The monoisotopic (exact) mass is 341 g/mol. The van der Waals surface area contributed by atoms with Gasteiger partial charge < -0.3 is 4.74 Å². The molecule has 1 aliphatic heterocycles. The fourth-order valence-electron chi connectivity index (χ4n) is 4.59. The number of ether oxygens (including phenoxy) is 1. The zero-order valence-electron chi connectivity index (χ0n) is 14.7. The Balaban J connectivity index is 1.99. The predicted octanol–water partition coefficient (Wildman–Crippen LogP) is 4.32. The van der Waals surface area contributed by atoms with E-state index in [0.29, 0.717) is 0 Å². The Kier molecular flexibility index (Phi) is 2.80. The molecule has 128 valence electrons. The molecule has 5 aromatic rings. The lowest BCUT2D eigenvalue weighted by molar-refractivity contribution is 0.140. The average Bonchev–Trinajstić information content (AvgIpc) is 3.23. The zero-order chi connectivity index (χ0) is 17.3. The lowest BCUT2D eigenvalue weighted by Gasteiger charge is -2.13. The summed E-state index contributed by atoms with van der Waals surface area (Å²) in [6.45, 7) is 3.71. The van der Waals surface area contributed by atoms with Crippen LogP contribution in [0.1, 0.15) is 17.0 Å². The van der Waals surface area contributed by atoms with Crippen molar-refractivity contribution in [1.82, 2.24) is 13.8 Å². The highest BCUT2D eigenvalue weighted by molar-refractivity contribution is 6.13. The third kappa shape index (κ3) is 1.70. The fraction of sp³-hybridized carbons (Fsp3) is 0.227. The molecular weight excluding hydrogens is 322 g/mol. The molecule has 0 aliphatic carbocycles. The Bertz CT molecular complexity index is 1330. The summed E-state index contributed by atoms with van der Waals surface area (Å²) in [4.78, 5) is 4.84. The van der Waals surface area contributed by atoms with Crippen LogP contribution in [-0.4, -0.2) is 27.0 Å². The van der Waals surface area contributed by atoms with Crippen molar-refractivity contribution in [3.05, 3.63) is 65.6 Å². The van der Waals surface area contributed by atoms with Gasteiger partial charge in [0.2, 0.25) is 5.78 Å². The highest BCUT2D eigenvalue weighted by Crippen LogP contribution is 2.35. The maximum atomic E-state index is 5.84. The van der Waals surface area contributed by atoms with Crippen LogP contribution in [0.4, 0.5) is 0 Å². The van der Waals surface area contributed by atoms with Gasteiger partial charge in [0, 0.05) is 34.0 Å². The summed E-state index contributed by atoms with van der Waals surface area (Å²) in [7, 11) is 0. The summed E-state index contributed by atoms with van der Waals surface area (Å²) in [6, 6.07) is 15.3. The number of imidazole rings is 1. The maximum Gasteiger partial charge on any atom is 0.219 e. The second-order valence-electron chi connectivity index (χ2n) is 7.13. The van der Waals surface area contributed by atoms with E-state index < -0.39 is 0 Å². The van der Waals surface area contributed by atoms with Crippen molar-refractivity contribution in [1.29, 1.82) is 0 Å². The molecule has 0 bridgehead atoms. The minimum absolute atomic E-state index is 0.744. The molecule has 6 rings (SSSR count). The number of fused-ring (bicyclic) bond motifs is 5. The van der Waals surface area contributed by atoms with Crippen molar-refractivity contribution in [3.8, 4) is 0 Å². The first kappa shape index (κ1) is 14.3. The van der Waals surface area contributed by atoms with Crippen LogP contribution in [0.3, 0.4) is 0 Å². The molecule has 0 amide bonds. The number of benzene rings is 2. The zero-order valence-corrected chi connectivity index (χ0v) is 14.7. The van der Waals surface area contributed by atoms with E-state index in [9.17, 15) is 0 Å². The van der Waals surface area contributed by atoms with Crippen molar-refractivity contribution in [2.24, 2.45) is 0 Å². The van der Waals surface area contributed by atoms with Crippen molar-refractivity contribution in [2.75, 3.05) is 13.2 Å². The van der Waals surface area contributed by atoms with Gasteiger partial charge in [-0.2, -0.15) is 0 Å². The first-order valence-electron chi connectivity index (χ1n) is 9.22. The molecule has 0 atom stereocenters. The van der Waals surface area contributed by atoms with Gasteiger partial charge in [0.25, 0.3) is 0 Å². The van der Waals surface area contributed by atoms with Crippen LogP contribution >= 0.6 is 0 Å². The van der Waals surface area contributed by atoms with E-state index >= 15 is 0 Å². The van der Waals surface area contributed by atoms with E-state index in [0.717, 1.165) is 31.8 Å². The van der Waals surface area contributed by atoms with Crippen molar-refractivity contribution in [2.45, 2.75) is 19.8 Å². The van der Waals surface area contributed by atoms with E-state index in [-0.39, 0.29) is 0 Å². The second kappa shape index (κ2) is 5.08. The molecule has 0 fully saturated rings. The van der Waals surface area contributed by atoms with Gasteiger partial charge in [-0.15, -0.1) is 0 Å². The minimum atomic E-state index is 0.744. The van der Waals surface area contributed by atoms with Gasteiger partial charge in [-0.3, -0.25) is 8.80 Å². The summed E-state index contributed by atoms with van der Waals surface area (Å²) in [6.07, 6.45) is 3.83. The molecule has 0 saturated carbocycles. The van der Waals surface area contributed by atoms with E-state index in [1.54, 1.807) is 0 Å². The molecule has 0 unspecified atom stereocenters. The summed E-state index contributed by atoms with van der Waals surface area (Å²) in [5.41, 5.74) is 6.35. The number of aryl methyl sites for hydroxylation is 1. The Morgan fingerprint density at radius 1 is 0.846 bits per heavy atom. The Hall–Kier alpha value is -2.85. The number of hydrogen-bond acceptors (Lipinski definition) is 2. The summed E-state index contributed by atoms with van der Waals surface area (Å²) in [5, 5.41) is 3.89. The summed E-state index contributed by atoms with van der Waals surface area (Å²) >= 11 is 0. The van der Waals surface area contributed by atoms with Gasteiger partial charge in [-0.05, 0) is 18.9 Å². The molecule has 4 heterocycles. The van der Waals surface area contributed by atoms with Gasteiger partial charge in [-0.1, -0.05) is 42.5 Å². The van der Waals surface area contributed by atoms with E-state index in [4.69, 9.17) is 9.72 Å². The third-order valence-corrected chi connectivity index (χ3v) is 5.76. The molecule has 4 nitrogen and oxygen atoms in total. The van der Waals surface area contributed by atoms with E-state index in [1.165, 1.54) is 44.1 Å². The molecule has 26 heavy (non-hydrogen) atoms. The smallest absolute Gasteiger partial charge is 0.219 e. The standard InChI is InChI=1S/C22H19N3O/c1-14-17-6-2-3-7-18(17)21-19-8-4-5-15-9-11-26-12-10-16-13-23-22(24(14)21)25(16)20(15)19/h2-8,13H,9-12H2,1H3. The van der Waals surface area contributed by atoms with Crippen LogP contribution in [0.5, 0.6) is 0 Å². The Morgan fingerprint density at radius 2 is 1.65 bits per heavy atom. The van der Waals surface area contributed by atoms with Gasteiger partial charge in [0.15, 0.2) is 0 Å². The average molecular weight is 341 g/mol. The van der Waals surface area contributed by atoms with Gasteiger partial charge in [-0.25, -0.2) is 4.98 Å². The number of hydrogen-bond donors (Lipinski definition) is 0. The van der Waals surface area contributed by atoms with Crippen LogP contribution in [0.2, 0.25) is 0 Å². The number of rotatable bonds is 0. The van der Waals surface area contributed by atoms with Crippen molar-refractivity contribution >= 4 is 33.0 Å². The highest BCUT2D eigenvalue weighted by atomic mass is 16.5. The first-order valence-corrected chi connectivity index (χ1v) is 9.22. The van der Waals surface area contributed by atoms with Crippen LogP contribution in [0.15, 0.2) is 48.7 Å². The molecule has 0 saturated heterocycles. The maximum absolute atomic E-state index is 5.84. The highest BCUT2D eigenvalue weighted by Gasteiger charge is 2.20. The first-order chi connectivity index (χ1) is 12.8. The predicted molar refractivity (Wildman–Crippen MR) is 104 cm³/mol. The van der Waals surface area contributed by atoms with E-state index in [2.05, 4.69) is 58.2 Å². The van der Waals surface area contributed by atoms with Crippen molar-refractivity contribution < 1.29 is 4.74 Å². The number of nitrogens with zero attached hydrogens (tertiary/aromatic N) is 3. The Morgan fingerprint density at radius 3 is 2.58 bits per heavy atom. The molecule has 1 aliphatic rings. The van der Waals surface area contributed by atoms with Crippen LogP contribution in [0, 0.1) is 6.92 Å². The molecule has 0 spiro atoms. The third-order valence-electron chi connectivity index (χ3n) is 5.76. The summed E-state index contributed by atoms with van der Waals surface area (Å²) < 4.78 is 10.5. The fourth-order valence-corrected chi connectivity index (χ4v) is 4.59. The van der Waals surface area contributed by atoms with E-state index in [1.807, 2.05) is 6.20 Å². The second-order valence-corrected chi connectivity index (χ2v) is 7.13. The molecular formula is C22H19N3O. The Labute approximate surface area is 150 Å². The SMILES string of the molecule is Cc1c2ccccc2c2c3cccc4c3n3c(cnc3n12)CCOCC4. The summed E-state index contributed by atoms with van der Waals surface area (Å²) in [5.74, 6) is 1.01. The topological polar surface area (TPSA) is 30.9 Å². The number of aromatic nitrogens is 3. The number of para-hydroxylation sites is 1. The van der Waals surface area contributed by atoms with Crippen LogP contribution in [0.25, 0.3) is 33.0 Å². The molecule has 3 aromatic heterocycles. The molecule has 0 radical (unpaired) electrons. The van der Waals surface area contributed by atoms with Gasteiger partial charge in [0.05, 0.1) is 30.4 Å².